The number of hydrogen-bond donors (Lipinski definition) is 1. The fraction of sp³-hybridized carbons (Fsp3) is 0.533. The number of hydrogen-bond acceptors (Lipinski definition) is 7. The highest BCUT2D eigenvalue weighted by Crippen LogP contribution is 2.50. The van der Waals surface area contributed by atoms with Crippen LogP contribution in [0.2, 0.25) is 0 Å². The van der Waals surface area contributed by atoms with Gasteiger partial charge in [-0.3, -0.25) is 4.98 Å². The monoisotopic (exact) mass is 564 g/mol. The molecule has 2 aliphatic heterocycles. The van der Waals surface area contributed by atoms with Gasteiger partial charge in [0.1, 0.15) is 0 Å². The van der Waals surface area contributed by atoms with Crippen molar-refractivity contribution in [3.05, 3.63) is 46.5 Å². The summed E-state index contributed by atoms with van der Waals surface area (Å²) >= 11 is 1.54. The van der Waals surface area contributed by atoms with E-state index in [0.29, 0.717) is 12.1 Å². The number of aryl methyl sites for hydroxylation is 1. The first-order chi connectivity index (χ1) is 18.6. The smallest absolute Gasteiger partial charge is 0.219 e. The third kappa shape index (κ3) is 4.28. The van der Waals surface area contributed by atoms with Gasteiger partial charge in [0, 0.05) is 52.6 Å². The molecule has 0 amide bonds. The Balaban J connectivity index is 1.50. The van der Waals surface area contributed by atoms with E-state index in [-0.39, 0.29) is 18.2 Å². The standard InChI is InChI=1S/C30H36N4O3S2/c1-29(2,3)39(36,37)34-18-22(16-30(34)9-4-5-10-30)33-12-6-7-21-13-20(17-31)14-25(27(21)33)24-8-11-32-26-15-23(19-35)38-28(24)26/h8,11,13-15,22,35H,4-7,9-10,12,16,18-19H2,1-3H3/t22-/m0/s1. The zero-order chi connectivity index (χ0) is 27.6. The largest absolute Gasteiger partial charge is 0.391 e. The van der Waals surface area contributed by atoms with Crippen LogP contribution in [-0.2, 0) is 23.1 Å². The van der Waals surface area contributed by atoms with Gasteiger partial charge in [-0.05, 0) is 82.7 Å². The Kier molecular flexibility index (Phi) is 6.54. The highest BCUT2D eigenvalue weighted by atomic mass is 32.2. The molecule has 7 nitrogen and oxygen atoms in total. The van der Waals surface area contributed by atoms with Gasteiger partial charge in [0.25, 0.3) is 0 Å². The average molecular weight is 565 g/mol. The number of fused-ring (bicyclic) bond motifs is 2. The lowest BCUT2D eigenvalue weighted by Crippen LogP contribution is -2.51. The molecule has 1 aliphatic carbocycles. The molecule has 2 fully saturated rings. The molecule has 9 heteroatoms. The number of rotatable bonds is 4. The molecule has 1 aromatic carbocycles. The highest BCUT2D eigenvalue weighted by Gasteiger charge is 2.56. The summed E-state index contributed by atoms with van der Waals surface area (Å²) in [6.45, 7) is 6.75. The molecule has 4 heterocycles. The molecule has 3 aromatic rings. The number of nitrogens with zero attached hydrogens (tertiary/aromatic N) is 4. The zero-order valence-corrected chi connectivity index (χ0v) is 24.5. The molecule has 2 aromatic heterocycles. The van der Waals surface area contributed by atoms with Gasteiger partial charge in [-0.25, -0.2) is 8.42 Å². The molecule has 1 saturated carbocycles. The molecular formula is C30H36N4O3S2. The van der Waals surface area contributed by atoms with Crippen molar-refractivity contribution in [1.29, 1.82) is 5.26 Å². The number of aliphatic hydroxyl groups excluding tert-OH is 1. The molecule has 206 valence electrons. The number of anilines is 1. The van der Waals surface area contributed by atoms with E-state index in [1.807, 2.05) is 49.3 Å². The van der Waals surface area contributed by atoms with Gasteiger partial charge >= 0.3 is 0 Å². The number of nitriles is 1. The molecular weight excluding hydrogens is 528 g/mol. The van der Waals surface area contributed by atoms with E-state index < -0.39 is 14.8 Å². The lowest BCUT2D eigenvalue weighted by molar-refractivity contribution is 0.241. The lowest BCUT2D eigenvalue weighted by atomic mass is 9.89. The van der Waals surface area contributed by atoms with Gasteiger partial charge in [-0.1, -0.05) is 12.8 Å². The SMILES string of the molecule is CC(C)(C)S(=O)(=O)N1C[C@@H](N2CCCc3cc(C#N)cc(-c4ccnc5cc(CO)sc45)c32)CC12CCCC2. The Hall–Kier alpha value is -2.51. The van der Waals surface area contributed by atoms with E-state index in [1.165, 1.54) is 11.3 Å². The Labute approximate surface area is 235 Å². The van der Waals surface area contributed by atoms with Crippen molar-refractivity contribution in [2.45, 2.75) is 88.7 Å². The Bertz CT molecular complexity index is 1580. The molecule has 0 unspecified atom stereocenters. The minimum atomic E-state index is -3.49. The third-order valence-electron chi connectivity index (χ3n) is 8.92. The van der Waals surface area contributed by atoms with Crippen LogP contribution in [0.15, 0.2) is 30.5 Å². The van der Waals surface area contributed by atoms with E-state index in [4.69, 9.17) is 0 Å². The summed E-state index contributed by atoms with van der Waals surface area (Å²) in [5, 5.41) is 19.7. The summed E-state index contributed by atoms with van der Waals surface area (Å²) in [4.78, 5) is 7.86. The summed E-state index contributed by atoms with van der Waals surface area (Å²) in [7, 11) is -3.49. The zero-order valence-electron chi connectivity index (χ0n) is 22.9. The van der Waals surface area contributed by atoms with E-state index in [0.717, 1.165) is 89.0 Å². The molecule has 1 atom stereocenters. The van der Waals surface area contributed by atoms with Crippen LogP contribution in [0, 0.1) is 11.3 Å². The van der Waals surface area contributed by atoms with Gasteiger partial charge in [-0.15, -0.1) is 11.3 Å². The topological polar surface area (TPSA) is 97.5 Å². The predicted molar refractivity (Wildman–Crippen MR) is 156 cm³/mol. The van der Waals surface area contributed by atoms with Gasteiger partial charge in [-0.2, -0.15) is 9.57 Å². The van der Waals surface area contributed by atoms with Crippen LogP contribution in [-0.4, -0.2) is 52.2 Å². The van der Waals surface area contributed by atoms with Crippen LogP contribution >= 0.6 is 11.3 Å². The predicted octanol–water partition coefficient (Wildman–Crippen LogP) is 5.60. The lowest BCUT2D eigenvalue weighted by Gasteiger charge is -2.38. The summed E-state index contributed by atoms with van der Waals surface area (Å²) in [5.74, 6) is 0. The molecule has 1 N–H and O–H groups in total. The number of benzene rings is 1. The Morgan fingerprint density at radius 3 is 2.64 bits per heavy atom. The minimum Gasteiger partial charge on any atom is -0.391 e. The first kappa shape index (κ1) is 26.7. The van der Waals surface area contributed by atoms with Crippen molar-refractivity contribution >= 4 is 37.3 Å². The summed E-state index contributed by atoms with van der Waals surface area (Å²) < 4.78 is 29.8. The molecule has 0 radical (unpaired) electrons. The van der Waals surface area contributed by atoms with E-state index in [1.54, 1.807) is 6.20 Å². The molecule has 3 aliphatic rings. The Morgan fingerprint density at radius 2 is 1.95 bits per heavy atom. The molecule has 1 saturated heterocycles. The van der Waals surface area contributed by atoms with Crippen molar-refractivity contribution in [1.82, 2.24) is 9.29 Å². The van der Waals surface area contributed by atoms with Crippen molar-refractivity contribution in [2.24, 2.45) is 0 Å². The number of thiophene rings is 1. The number of aromatic nitrogens is 1. The van der Waals surface area contributed by atoms with E-state index >= 15 is 0 Å². The van der Waals surface area contributed by atoms with Gasteiger partial charge in [0.2, 0.25) is 10.0 Å². The van der Waals surface area contributed by atoms with Crippen LogP contribution < -0.4 is 4.90 Å². The van der Waals surface area contributed by atoms with Crippen LogP contribution in [0.5, 0.6) is 0 Å². The number of pyridine rings is 1. The van der Waals surface area contributed by atoms with Crippen molar-refractivity contribution in [2.75, 3.05) is 18.0 Å². The first-order valence-corrected chi connectivity index (χ1v) is 16.2. The van der Waals surface area contributed by atoms with Crippen molar-refractivity contribution in [3.8, 4) is 17.2 Å². The minimum absolute atomic E-state index is 0.0365. The van der Waals surface area contributed by atoms with Crippen LogP contribution in [0.1, 0.15) is 75.3 Å². The maximum Gasteiger partial charge on any atom is 0.219 e. The Morgan fingerprint density at radius 1 is 1.18 bits per heavy atom. The summed E-state index contributed by atoms with van der Waals surface area (Å²) in [6.07, 6.45) is 8.46. The number of sulfonamides is 1. The molecule has 0 bridgehead atoms. The molecule has 1 spiro atoms. The van der Waals surface area contributed by atoms with Crippen LogP contribution in [0.3, 0.4) is 0 Å². The van der Waals surface area contributed by atoms with Crippen LogP contribution in [0.25, 0.3) is 21.3 Å². The van der Waals surface area contributed by atoms with E-state index in [2.05, 4.69) is 16.0 Å². The van der Waals surface area contributed by atoms with Gasteiger partial charge < -0.3 is 10.0 Å². The van der Waals surface area contributed by atoms with Gasteiger partial charge in [0.05, 0.1) is 33.2 Å². The first-order valence-electron chi connectivity index (χ1n) is 13.9. The maximum atomic E-state index is 13.9. The van der Waals surface area contributed by atoms with E-state index in [9.17, 15) is 18.8 Å². The second-order valence-corrected chi connectivity index (χ2v) is 16.1. The quantitative estimate of drug-likeness (QED) is 0.443. The fourth-order valence-corrected chi connectivity index (χ4v) is 9.86. The van der Waals surface area contributed by atoms with Crippen LogP contribution in [0.4, 0.5) is 5.69 Å². The highest BCUT2D eigenvalue weighted by molar-refractivity contribution is 7.90. The average Bonchev–Trinajstić information content (AvgIpc) is 3.65. The maximum absolute atomic E-state index is 13.9. The summed E-state index contributed by atoms with van der Waals surface area (Å²) in [5.41, 5.74) is 5.45. The normalized spacial score (nSPS) is 21.5. The fourth-order valence-electron chi connectivity index (χ4n) is 7.06. The second kappa shape index (κ2) is 9.55. The van der Waals surface area contributed by atoms with Crippen molar-refractivity contribution in [3.63, 3.8) is 0 Å². The molecule has 6 rings (SSSR count). The number of aliphatic hydroxyl groups is 1. The molecule has 39 heavy (non-hydrogen) atoms. The summed E-state index contributed by atoms with van der Waals surface area (Å²) in [6, 6.07) is 10.4. The third-order valence-corrected chi connectivity index (χ3v) is 12.7. The second-order valence-electron chi connectivity index (χ2n) is 12.3. The van der Waals surface area contributed by atoms with Crippen molar-refractivity contribution < 1.29 is 13.5 Å². The van der Waals surface area contributed by atoms with Gasteiger partial charge in [0.15, 0.2) is 0 Å².